The van der Waals surface area contributed by atoms with Gasteiger partial charge in [0.25, 0.3) is 0 Å². The number of nitrogens with one attached hydrogen (secondary N) is 1. The van der Waals surface area contributed by atoms with Crippen molar-refractivity contribution in [2.45, 2.75) is 25.7 Å². The third kappa shape index (κ3) is 2.31. The van der Waals surface area contributed by atoms with Gasteiger partial charge < -0.3 is 10.4 Å². The highest BCUT2D eigenvalue weighted by Crippen LogP contribution is 2.36. The SMILES string of the molecule is CNCC(=O)c1c(O)c(Cl)cc2c1CCCC2. The van der Waals surface area contributed by atoms with Crippen LogP contribution in [0.4, 0.5) is 0 Å². The smallest absolute Gasteiger partial charge is 0.180 e. The molecule has 0 atom stereocenters. The van der Waals surface area contributed by atoms with Gasteiger partial charge in [0.1, 0.15) is 5.75 Å². The first kappa shape index (κ1) is 12.4. The van der Waals surface area contributed by atoms with Crippen LogP contribution < -0.4 is 5.32 Å². The fourth-order valence-electron chi connectivity index (χ4n) is 2.41. The van der Waals surface area contributed by atoms with E-state index >= 15 is 0 Å². The van der Waals surface area contributed by atoms with Gasteiger partial charge in [-0.25, -0.2) is 0 Å². The number of carbonyl (C=O) groups excluding carboxylic acids is 1. The first-order valence-corrected chi connectivity index (χ1v) is 6.24. The van der Waals surface area contributed by atoms with E-state index in [1.165, 1.54) is 0 Å². The maximum atomic E-state index is 12.0. The van der Waals surface area contributed by atoms with E-state index in [1.807, 2.05) is 0 Å². The molecule has 0 bridgehead atoms. The second-order valence-corrected chi connectivity index (χ2v) is 4.79. The number of ketones is 1. The highest BCUT2D eigenvalue weighted by atomic mass is 35.5. The summed E-state index contributed by atoms with van der Waals surface area (Å²) in [4.78, 5) is 12.0. The van der Waals surface area contributed by atoms with Crippen LogP contribution in [-0.4, -0.2) is 24.5 Å². The Balaban J connectivity index is 2.54. The van der Waals surface area contributed by atoms with E-state index in [0.29, 0.717) is 5.56 Å². The van der Waals surface area contributed by atoms with Crippen molar-refractivity contribution in [2.75, 3.05) is 13.6 Å². The number of likely N-dealkylation sites (N-methyl/N-ethyl adjacent to an activating group) is 1. The van der Waals surface area contributed by atoms with E-state index in [0.717, 1.165) is 36.8 Å². The molecule has 1 aromatic carbocycles. The number of phenolic OH excluding ortho intramolecular Hbond substituents is 1. The molecule has 17 heavy (non-hydrogen) atoms. The number of rotatable bonds is 3. The van der Waals surface area contributed by atoms with Crippen LogP contribution in [0.15, 0.2) is 6.07 Å². The second kappa shape index (κ2) is 5.07. The molecule has 1 aliphatic carbocycles. The summed E-state index contributed by atoms with van der Waals surface area (Å²) >= 11 is 5.97. The zero-order chi connectivity index (χ0) is 12.4. The van der Waals surface area contributed by atoms with Crippen LogP contribution in [0.5, 0.6) is 5.75 Å². The van der Waals surface area contributed by atoms with E-state index in [2.05, 4.69) is 5.32 Å². The lowest BCUT2D eigenvalue weighted by Gasteiger charge is -2.20. The van der Waals surface area contributed by atoms with E-state index in [1.54, 1.807) is 13.1 Å². The fraction of sp³-hybridized carbons (Fsp3) is 0.462. The Hall–Kier alpha value is -1.06. The molecule has 0 heterocycles. The average Bonchev–Trinajstić information content (AvgIpc) is 2.31. The number of hydrogen-bond acceptors (Lipinski definition) is 3. The van der Waals surface area contributed by atoms with Crippen molar-refractivity contribution in [3.8, 4) is 5.75 Å². The molecule has 0 aliphatic heterocycles. The Morgan fingerprint density at radius 1 is 1.47 bits per heavy atom. The molecular formula is C13H16ClNO2. The molecule has 3 nitrogen and oxygen atoms in total. The van der Waals surface area contributed by atoms with Gasteiger partial charge in [0.05, 0.1) is 17.1 Å². The third-order valence-corrected chi connectivity index (χ3v) is 3.48. The van der Waals surface area contributed by atoms with Crippen molar-refractivity contribution in [1.29, 1.82) is 0 Å². The molecule has 0 amide bonds. The number of benzene rings is 1. The quantitative estimate of drug-likeness (QED) is 0.813. The summed E-state index contributed by atoms with van der Waals surface area (Å²) in [6.45, 7) is 0.223. The third-order valence-electron chi connectivity index (χ3n) is 3.19. The molecule has 0 unspecified atom stereocenters. The van der Waals surface area contributed by atoms with E-state index in [9.17, 15) is 9.90 Å². The molecule has 0 spiro atoms. The van der Waals surface area contributed by atoms with E-state index in [-0.39, 0.29) is 23.1 Å². The van der Waals surface area contributed by atoms with Gasteiger partial charge in [0.2, 0.25) is 0 Å². The van der Waals surface area contributed by atoms with Crippen LogP contribution in [0.3, 0.4) is 0 Å². The lowest BCUT2D eigenvalue weighted by molar-refractivity contribution is 0.0990. The summed E-state index contributed by atoms with van der Waals surface area (Å²) in [5.41, 5.74) is 2.51. The number of carbonyl (C=O) groups is 1. The van der Waals surface area contributed by atoms with Gasteiger partial charge in [0, 0.05) is 0 Å². The number of phenols is 1. The van der Waals surface area contributed by atoms with Crippen molar-refractivity contribution in [3.05, 3.63) is 27.8 Å². The van der Waals surface area contributed by atoms with Crippen LogP contribution in [-0.2, 0) is 12.8 Å². The molecule has 2 rings (SSSR count). The van der Waals surface area contributed by atoms with Crippen molar-refractivity contribution in [1.82, 2.24) is 5.32 Å². The molecule has 0 aromatic heterocycles. The van der Waals surface area contributed by atoms with Crippen molar-refractivity contribution in [2.24, 2.45) is 0 Å². The number of hydrogen-bond donors (Lipinski definition) is 2. The zero-order valence-corrected chi connectivity index (χ0v) is 10.6. The minimum absolute atomic E-state index is 0.0624. The minimum atomic E-state index is -0.0920. The van der Waals surface area contributed by atoms with Gasteiger partial charge in [-0.15, -0.1) is 0 Å². The fourth-order valence-corrected chi connectivity index (χ4v) is 2.63. The molecule has 4 heteroatoms. The topological polar surface area (TPSA) is 49.3 Å². The summed E-state index contributed by atoms with van der Waals surface area (Å²) in [7, 11) is 1.71. The van der Waals surface area contributed by atoms with E-state index < -0.39 is 0 Å². The molecular weight excluding hydrogens is 238 g/mol. The van der Waals surface area contributed by atoms with Crippen LogP contribution in [0.25, 0.3) is 0 Å². The maximum Gasteiger partial charge on any atom is 0.180 e. The maximum absolute atomic E-state index is 12.0. The Bertz CT molecular complexity index is 457. The van der Waals surface area contributed by atoms with Crippen molar-refractivity contribution >= 4 is 17.4 Å². The normalized spacial score (nSPS) is 14.5. The van der Waals surface area contributed by atoms with Crippen LogP contribution >= 0.6 is 11.6 Å². The van der Waals surface area contributed by atoms with Crippen molar-refractivity contribution < 1.29 is 9.90 Å². The van der Waals surface area contributed by atoms with Crippen molar-refractivity contribution in [3.63, 3.8) is 0 Å². The second-order valence-electron chi connectivity index (χ2n) is 4.38. The van der Waals surface area contributed by atoms with Crippen LogP contribution in [0.1, 0.15) is 34.3 Å². The highest BCUT2D eigenvalue weighted by Gasteiger charge is 2.23. The standard InChI is InChI=1S/C13H16ClNO2/c1-15-7-11(16)12-9-5-3-2-4-8(9)6-10(14)13(12)17/h6,15,17H,2-5,7H2,1H3. The first-order chi connectivity index (χ1) is 8.15. The summed E-state index contributed by atoms with van der Waals surface area (Å²) in [5.74, 6) is -0.154. The largest absolute Gasteiger partial charge is 0.506 e. The summed E-state index contributed by atoms with van der Waals surface area (Å²) in [6, 6.07) is 1.79. The Labute approximate surface area is 106 Å². The molecule has 0 saturated carbocycles. The van der Waals surface area contributed by atoms with Gasteiger partial charge in [-0.1, -0.05) is 11.6 Å². The zero-order valence-electron chi connectivity index (χ0n) is 9.85. The summed E-state index contributed by atoms with van der Waals surface area (Å²) in [6.07, 6.45) is 3.97. The predicted molar refractivity (Wildman–Crippen MR) is 68.0 cm³/mol. The van der Waals surface area contributed by atoms with Gasteiger partial charge in [-0.05, 0) is 49.9 Å². The first-order valence-electron chi connectivity index (χ1n) is 5.86. The molecule has 0 fully saturated rings. The average molecular weight is 254 g/mol. The number of aromatic hydroxyl groups is 1. The van der Waals surface area contributed by atoms with Gasteiger partial charge in [-0.2, -0.15) is 0 Å². The predicted octanol–water partition coefficient (Wildman–Crippen LogP) is 2.33. The minimum Gasteiger partial charge on any atom is -0.506 e. The van der Waals surface area contributed by atoms with Crippen LogP contribution in [0, 0.1) is 0 Å². The monoisotopic (exact) mass is 253 g/mol. The van der Waals surface area contributed by atoms with Gasteiger partial charge in [-0.3, -0.25) is 4.79 Å². The number of Topliss-reactive ketones (excluding diaryl/α,β-unsaturated/α-hetero) is 1. The molecule has 1 aromatic rings. The number of halogens is 1. The molecule has 2 N–H and O–H groups in total. The highest BCUT2D eigenvalue weighted by molar-refractivity contribution is 6.32. The Morgan fingerprint density at radius 2 is 2.18 bits per heavy atom. The molecule has 0 saturated heterocycles. The van der Waals surface area contributed by atoms with Crippen LogP contribution in [0.2, 0.25) is 5.02 Å². The number of aryl methyl sites for hydroxylation is 1. The van der Waals surface area contributed by atoms with Gasteiger partial charge >= 0.3 is 0 Å². The number of fused-ring (bicyclic) bond motifs is 1. The molecule has 0 radical (unpaired) electrons. The Kier molecular flexibility index (Phi) is 3.69. The lowest BCUT2D eigenvalue weighted by atomic mass is 9.86. The summed E-state index contributed by atoms with van der Waals surface area (Å²) in [5, 5.41) is 13.1. The van der Waals surface area contributed by atoms with Gasteiger partial charge in [0.15, 0.2) is 5.78 Å². The van der Waals surface area contributed by atoms with E-state index in [4.69, 9.17) is 11.6 Å². The lowest BCUT2D eigenvalue weighted by Crippen LogP contribution is -2.21. The summed E-state index contributed by atoms with van der Waals surface area (Å²) < 4.78 is 0. The molecule has 1 aliphatic rings. The Morgan fingerprint density at radius 3 is 2.88 bits per heavy atom. The molecule has 92 valence electrons.